The minimum atomic E-state index is -2.87. The lowest BCUT2D eigenvalue weighted by Crippen LogP contribution is -2.54. The molecule has 0 aromatic rings. The summed E-state index contributed by atoms with van der Waals surface area (Å²) in [5.74, 6) is -1.04. The van der Waals surface area contributed by atoms with Gasteiger partial charge in [-0.3, -0.25) is 4.79 Å². The Bertz CT molecular complexity index is 199. The van der Waals surface area contributed by atoms with Crippen molar-refractivity contribution in [3.63, 3.8) is 0 Å². The number of piperazine rings is 1. The number of carbonyl (C=O) groups is 1. The van der Waals surface area contributed by atoms with Crippen LogP contribution in [0.4, 0.5) is 8.78 Å². The van der Waals surface area contributed by atoms with E-state index in [0.29, 0.717) is 19.6 Å². The Kier molecular flexibility index (Phi) is 3.19. The van der Waals surface area contributed by atoms with Crippen LogP contribution in [0.5, 0.6) is 0 Å². The zero-order chi connectivity index (χ0) is 10.0. The van der Waals surface area contributed by atoms with Gasteiger partial charge in [0.1, 0.15) is 0 Å². The van der Waals surface area contributed by atoms with Gasteiger partial charge < -0.3 is 9.80 Å². The number of carbonyl (C=O) groups excluding carboxylic acids is 1. The topological polar surface area (TPSA) is 23.6 Å². The number of hydrogen-bond acceptors (Lipinski definition) is 2. The number of hydrogen-bond donors (Lipinski definition) is 0. The van der Waals surface area contributed by atoms with E-state index in [4.69, 9.17) is 0 Å². The van der Waals surface area contributed by atoms with Crippen LogP contribution in [0.1, 0.15) is 6.92 Å². The molecule has 5 heteroatoms. The molecule has 1 saturated heterocycles. The molecule has 0 spiro atoms. The van der Waals surface area contributed by atoms with Crippen molar-refractivity contribution in [2.24, 2.45) is 0 Å². The molecule has 0 aromatic carbocycles. The Hall–Kier alpha value is -0.710. The first-order valence-electron chi connectivity index (χ1n) is 4.29. The van der Waals surface area contributed by atoms with Gasteiger partial charge in [0.05, 0.1) is 0 Å². The van der Waals surface area contributed by atoms with Gasteiger partial charge in [-0.15, -0.1) is 0 Å². The lowest BCUT2D eigenvalue weighted by Gasteiger charge is -2.37. The molecular weight excluding hydrogens is 178 g/mol. The fourth-order valence-corrected chi connectivity index (χ4v) is 1.59. The van der Waals surface area contributed by atoms with Gasteiger partial charge in [0, 0.05) is 25.7 Å². The lowest BCUT2D eigenvalue weighted by molar-refractivity contribution is -0.147. The van der Waals surface area contributed by atoms with Gasteiger partial charge in [-0.2, -0.15) is 8.78 Å². The Labute approximate surface area is 76.3 Å². The van der Waals surface area contributed by atoms with Crippen LogP contribution in [0.2, 0.25) is 0 Å². The van der Waals surface area contributed by atoms with Crippen molar-refractivity contribution >= 4 is 5.91 Å². The molecule has 13 heavy (non-hydrogen) atoms. The van der Waals surface area contributed by atoms with Crippen molar-refractivity contribution in [1.29, 1.82) is 0 Å². The maximum atomic E-state index is 12.1. The molecule has 0 aliphatic carbocycles. The van der Waals surface area contributed by atoms with E-state index in [-0.39, 0.29) is 6.04 Å². The molecule has 76 valence electrons. The molecule has 1 aliphatic rings. The van der Waals surface area contributed by atoms with Crippen LogP contribution in [0.3, 0.4) is 0 Å². The summed E-state index contributed by atoms with van der Waals surface area (Å²) in [6.45, 7) is 3.53. The highest BCUT2D eigenvalue weighted by molar-refractivity contribution is 5.79. The second-order valence-corrected chi connectivity index (χ2v) is 3.44. The summed E-state index contributed by atoms with van der Waals surface area (Å²) in [6.07, 6.45) is -2.87. The average molecular weight is 192 g/mol. The third-order valence-corrected chi connectivity index (χ3v) is 2.30. The smallest absolute Gasteiger partial charge is 0.315 e. The Morgan fingerprint density at radius 1 is 1.46 bits per heavy atom. The molecule has 0 radical (unpaired) electrons. The number of halogens is 2. The number of alkyl halides is 2. The third-order valence-electron chi connectivity index (χ3n) is 2.30. The fourth-order valence-electron chi connectivity index (χ4n) is 1.59. The van der Waals surface area contributed by atoms with Crippen LogP contribution in [0.25, 0.3) is 0 Å². The normalized spacial score (nSPS) is 25.3. The van der Waals surface area contributed by atoms with E-state index in [1.165, 1.54) is 4.90 Å². The van der Waals surface area contributed by atoms with Crippen molar-refractivity contribution in [3.05, 3.63) is 0 Å². The molecule has 1 rings (SSSR count). The van der Waals surface area contributed by atoms with Gasteiger partial charge in [0.2, 0.25) is 0 Å². The van der Waals surface area contributed by atoms with Gasteiger partial charge in [-0.1, -0.05) is 0 Å². The molecule has 1 atom stereocenters. The zero-order valence-electron chi connectivity index (χ0n) is 7.83. The predicted octanol–water partition coefficient (Wildman–Crippen LogP) is 0.414. The van der Waals surface area contributed by atoms with Crippen molar-refractivity contribution in [2.45, 2.75) is 19.4 Å². The summed E-state index contributed by atoms with van der Waals surface area (Å²) in [6, 6.07) is -0.111. The second kappa shape index (κ2) is 4.00. The molecule has 0 N–H and O–H groups in total. The Morgan fingerprint density at radius 3 is 2.54 bits per heavy atom. The summed E-state index contributed by atoms with van der Waals surface area (Å²) >= 11 is 0. The number of nitrogens with zero attached hydrogens (tertiary/aromatic N) is 2. The van der Waals surface area contributed by atoms with Crippen LogP contribution in [0, 0.1) is 0 Å². The first-order valence-corrected chi connectivity index (χ1v) is 4.29. The summed E-state index contributed by atoms with van der Waals surface area (Å²) in [7, 11) is 1.92. The van der Waals surface area contributed by atoms with Crippen LogP contribution in [-0.4, -0.2) is 54.9 Å². The maximum absolute atomic E-state index is 12.1. The van der Waals surface area contributed by atoms with Crippen molar-refractivity contribution in [1.82, 2.24) is 9.80 Å². The van der Waals surface area contributed by atoms with Gasteiger partial charge >= 0.3 is 6.43 Å². The number of amides is 1. The van der Waals surface area contributed by atoms with Crippen molar-refractivity contribution in [2.75, 3.05) is 26.7 Å². The first kappa shape index (κ1) is 10.4. The Balaban J connectivity index is 2.56. The van der Waals surface area contributed by atoms with Crippen LogP contribution < -0.4 is 0 Å². The molecule has 1 aliphatic heterocycles. The standard InChI is InChI=1S/C8H14F2N2O/c1-6-5-11(2)3-4-12(6)8(13)7(9)10/h6-7H,3-5H2,1-2H3/t6-/m1/s1. The summed E-state index contributed by atoms with van der Waals surface area (Å²) < 4.78 is 24.2. The first-order chi connectivity index (χ1) is 6.02. The third kappa shape index (κ3) is 2.37. The van der Waals surface area contributed by atoms with Gasteiger partial charge in [0.15, 0.2) is 0 Å². The SMILES string of the molecule is C[C@@H]1CN(C)CCN1C(=O)C(F)F. The van der Waals surface area contributed by atoms with E-state index in [1.54, 1.807) is 6.92 Å². The van der Waals surface area contributed by atoms with E-state index >= 15 is 0 Å². The van der Waals surface area contributed by atoms with Gasteiger partial charge in [-0.25, -0.2) is 0 Å². The number of rotatable bonds is 1. The molecule has 3 nitrogen and oxygen atoms in total. The maximum Gasteiger partial charge on any atom is 0.315 e. The molecule has 1 fully saturated rings. The largest absolute Gasteiger partial charge is 0.332 e. The van der Waals surface area contributed by atoms with E-state index in [2.05, 4.69) is 0 Å². The predicted molar refractivity (Wildman–Crippen MR) is 44.7 cm³/mol. The van der Waals surface area contributed by atoms with E-state index in [1.807, 2.05) is 11.9 Å². The summed E-state index contributed by atoms with van der Waals surface area (Å²) in [4.78, 5) is 14.3. The molecule has 0 bridgehead atoms. The quantitative estimate of drug-likeness (QED) is 0.601. The average Bonchev–Trinajstić information content (AvgIpc) is 2.03. The summed E-state index contributed by atoms with van der Waals surface area (Å²) in [5.41, 5.74) is 0. The highest BCUT2D eigenvalue weighted by Gasteiger charge is 2.30. The van der Waals surface area contributed by atoms with Crippen LogP contribution >= 0.6 is 0 Å². The van der Waals surface area contributed by atoms with Crippen LogP contribution in [-0.2, 0) is 4.79 Å². The van der Waals surface area contributed by atoms with Crippen molar-refractivity contribution < 1.29 is 13.6 Å². The van der Waals surface area contributed by atoms with E-state index in [0.717, 1.165) is 0 Å². The summed E-state index contributed by atoms with van der Waals surface area (Å²) in [5, 5.41) is 0. The monoisotopic (exact) mass is 192 g/mol. The van der Waals surface area contributed by atoms with Crippen molar-refractivity contribution in [3.8, 4) is 0 Å². The van der Waals surface area contributed by atoms with E-state index in [9.17, 15) is 13.6 Å². The highest BCUT2D eigenvalue weighted by Crippen LogP contribution is 2.11. The van der Waals surface area contributed by atoms with Crippen LogP contribution in [0.15, 0.2) is 0 Å². The molecule has 0 aromatic heterocycles. The van der Waals surface area contributed by atoms with Gasteiger partial charge in [-0.05, 0) is 14.0 Å². The molecule has 0 unspecified atom stereocenters. The molecule has 1 heterocycles. The molecule has 0 saturated carbocycles. The minimum absolute atomic E-state index is 0.111. The van der Waals surface area contributed by atoms with E-state index < -0.39 is 12.3 Å². The molecule has 1 amide bonds. The Morgan fingerprint density at radius 2 is 2.08 bits per heavy atom. The lowest BCUT2D eigenvalue weighted by atomic mass is 10.2. The fraction of sp³-hybridized carbons (Fsp3) is 0.875. The van der Waals surface area contributed by atoms with Gasteiger partial charge in [0.25, 0.3) is 5.91 Å². The highest BCUT2D eigenvalue weighted by atomic mass is 19.3. The zero-order valence-corrected chi connectivity index (χ0v) is 7.83. The minimum Gasteiger partial charge on any atom is -0.332 e. The molecular formula is C8H14F2N2O. The number of likely N-dealkylation sites (N-methyl/N-ethyl adjacent to an activating group) is 1. The second-order valence-electron chi connectivity index (χ2n) is 3.44.